The topological polar surface area (TPSA) is 57.5 Å². The first-order valence-corrected chi connectivity index (χ1v) is 4.08. The lowest BCUT2D eigenvalue weighted by molar-refractivity contribution is 0.0695. The minimum atomic E-state index is -1.00. The Labute approximate surface area is 76.6 Å². The van der Waals surface area contributed by atoms with Crippen molar-refractivity contribution in [2.24, 2.45) is 0 Å². The lowest BCUT2D eigenvalue weighted by Gasteiger charge is -2.09. The number of hydrogen-bond donors (Lipinski definition) is 2. The fourth-order valence-corrected chi connectivity index (χ4v) is 1.23. The van der Waals surface area contributed by atoms with Gasteiger partial charge in [0.05, 0.1) is 5.56 Å². The van der Waals surface area contributed by atoms with E-state index in [1.807, 2.05) is 13.8 Å². The SMILES string of the molecule is CC(C)c1ccc(O)cc1C(=O)O. The molecule has 0 aliphatic carbocycles. The number of carbonyl (C=O) groups is 1. The first kappa shape index (κ1) is 9.58. The van der Waals surface area contributed by atoms with Crippen LogP contribution in [-0.4, -0.2) is 16.2 Å². The van der Waals surface area contributed by atoms with Crippen molar-refractivity contribution in [3.8, 4) is 5.75 Å². The number of benzene rings is 1. The van der Waals surface area contributed by atoms with E-state index in [4.69, 9.17) is 10.2 Å². The van der Waals surface area contributed by atoms with E-state index in [2.05, 4.69) is 0 Å². The zero-order valence-corrected chi connectivity index (χ0v) is 7.61. The average molecular weight is 180 g/mol. The quantitative estimate of drug-likeness (QED) is 0.733. The van der Waals surface area contributed by atoms with Gasteiger partial charge >= 0.3 is 5.97 Å². The standard InChI is InChI=1S/C10H12O3/c1-6(2)8-4-3-7(11)5-9(8)10(12)13/h3-6,11H,1-2H3,(H,12,13). The van der Waals surface area contributed by atoms with Gasteiger partial charge < -0.3 is 10.2 Å². The normalized spacial score (nSPS) is 10.4. The number of phenolic OH excluding ortho intramolecular Hbond substituents is 1. The highest BCUT2D eigenvalue weighted by Gasteiger charge is 2.12. The summed E-state index contributed by atoms with van der Waals surface area (Å²) in [5.74, 6) is -0.867. The van der Waals surface area contributed by atoms with E-state index in [0.29, 0.717) is 0 Å². The number of hydrogen-bond acceptors (Lipinski definition) is 2. The number of carboxylic acids is 1. The monoisotopic (exact) mass is 180 g/mol. The molecule has 0 amide bonds. The molecule has 1 aromatic rings. The van der Waals surface area contributed by atoms with Crippen molar-refractivity contribution in [1.29, 1.82) is 0 Å². The van der Waals surface area contributed by atoms with Crippen LogP contribution in [0.3, 0.4) is 0 Å². The Morgan fingerprint density at radius 1 is 1.38 bits per heavy atom. The molecule has 0 atom stereocenters. The summed E-state index contributed by atoms with van der Waals surface area (Å²) in [7, 11) is 0. The first-order chi connectivity index (χ1) is 6.02. The third kappa shape index (κ3) is 1.99. The molecule has 1 aromatic carbocycles. The molecule has 0 aliphatic heterocycles. The van der Waals surface area contributed by atoms with E-state index < -0.39 is 5.97 Å². The molecule has 2 N–H and O–H groups in total. The van der Waals surface area contributed by atoms with Crippen LogP contribution in [0, 0.1) is 0 Å². The Morgan fingerprint density at radius 2 is 2.00 bits per heavy atom. The summed E-state index contributed by atoms with van der Waals surface area (Å²) < 4.78 is 0. The number of aromatic hydroxyl groups is 1. The molecule has 0 unspecified atom stereocenters. The maximum absolute atomic E-state index is 10.8. The van der Waals surface area contributed by atoms with Gasteiger partial charge in [-0.05, 0) is 23.6 Å². The molecule has 3 heteroatoms. The third-order valence-corrected chi connectivity index (χ3v) is 1.89. The minimum Gasteiger partial charge on any atom is -0.508 e. The number of rotatable bonds is 2. The fraction of sp³-hybridized carbons (Fsp3) is 0.300. The van der Waals surface area contributed by atoms with Crippen LogP contribution in [0.1, 0.15) is 35.7 Å². The summed E-state index contributed by atoms with van der Waals surface area (Å²) in [6.45, 7) is 3.83. The summed E-state index contributed by atoms with van der Waals surface area (Å²) in [5.41, 5.74) is 0.917. The Kier molecular flexibility index (Phi) is 2.56. The largest absolute Gasteiger partial charge is 0.508 e. The van der Waals surface area contributed by atoms with Gasteiger partial charge in [-0.25, -0.2) is 4.79 Å². The van der Waals surface area contributed by atoms with Crippen LogP contribution in [0.15, 0.2) is 18.2 Å². The van der Waals surface area contributed by atoms with Crippen molar-refractivity contribution in [1.82, 2.24) is 0 Å². The zero-order valence-electron chi connectivity index (χ0n) is 7.61. The van der Waals surface area contributed by atoms with Gasteiger partial charge in [0.2, 0.25) is 0 Å². The van der Waals surface area contributed by atoms with Crippen molar-refractivity contribution in [3.63, 3.8) is 0 Å². The zero-order chi connectivity index (χ0) is 10.0. The van der Waals surface area contributed by atoms with Crippen LogP contribution < -0.4 is 0 Å². The molecule has 3 nitrogen and oxygen atoms in total. The van der Waals surface area contributed by atoms with Crippen LogP contribution >= 0.6 is 0 Å². The molecule has 0 bridgehead atoms. The van der Waals surface area contributed by atoms with Gasteiger partial charge in [0.15, 0.2) is 0 Å². The molecule has 13 heavy (non-hydrogen) atoms. The van der Waals surface area contributed by atoms with E-state index in [9.17, 15) is 4.79 Å². The molecule has 0 saturated heterocycles. The smallest absolute Gasteiger partial charge is 0.336 e. The molecule has 1 rings (SSSR count). The summed E-state index contributed by atoms with van der Waals surface area (Å²) in [6, 6.07) is 4.42. The van der Waals surface area contributed by atoms with Crippen molar-refractivity contribution < 1.29 is 15.0 Å². The predicted octanol–water partition coefficient (Wildman–Crippen LogP) is 2.21. The molecule has 0 saturated carbocycles. The molecule has 0 fully saturated rings. The van der Waals surface area contributed by atoms with Gasteiger partial charge in [0.25, 0.3) is 0 Å². The Morgan fingerprint density at radius 3 is 2.46 bits per heavy atom. The van der Waals surface area contributed by atoms with Crippen molar-refractivity contribution in [2.45, 2.75) is 19.8 Å². The van der Waals surface area contributed by atoms with E-state index >= 15 is 0 Å². The molecular formula is C10H12O3. The third-order valence-electron chi connectivity index (χ3n) is 1.89. The maximum Gasteiger partial charge on any atom is 0.336 e. The molecule has 0 radical (unpaired) electrons. The van der Waals surface area contributed by atoms with Crippen LogP contribution in [-0.2, 0) is 0 Å². The van der Waals surface area contributed by atoms with Crippen LogP contribution in [0.5, 0.6) is 5.75 Å². The Hall–Kier alpha value is -1.51. The molecule has 0 aromatic heterocycles. The lowest BCUT2D eigenvalue weighted by Crippen LogP contribution is -2.03. The molecule has 70 valence electrons. The van der Waals surface area contributed by atoms with Crippen molar-refractivity contribution in [2.75, 3.05) is 0 Å². The molecule has 0 spiro atoms. The molecular weight excluding hydrogens is 168 g/mol. The predicted molar refractivity (Wildman–Crippen MR) is 49.2 cm³/mol. The van der Waals surface area contributed by atoms with E-state index in [1.165, 1.54) is 12.1 Å². The van der Waals surface area contributed by atoms with Gasteiger partial charge in [-0.3, -0.25) is 0 Å². The molecule has 0 aliphatic rings. The van der Waals surface area contributed by atoms with Crippen LogP contribution in [0.4, 0.5) is 0 Å². The van der Waals surface area contributed by atoms with E-state index in [-0.39, 0.29) is 17.2 Å². The fourth-order valence-electron chi connectivity index (χ4n) is 1.23. The summed E-state index contributed by atoms with van der Waals surface area (Å²) in [4.78, 5) is 10.8. The maximum atomic E-state index is 10.8. The number of aromatic carboxylic acids is 1. The first-order valence-electron chi connectivity index (χ1n) is 4.08. The minimum absolute atomic E-state index is 0.0122. The summed E-state index contributed by atoms with van der Waals surface area (Å²) >= 11 is 0. The summed E-state index contributed by atoms with van der Waals surface area (Å²) in [5, 5.41) is 17.9. The molecule has 0 heterocycles. The highest BCUT2D eigenvalue weighted by Crippen LogP contribution is 2.23. The van der Waals surface area contributed by atoms with Gasteiger partial charge in [0, 0.05) is 0 Å². The van der Waals surface area contributed by atoms with Gasteiger partial charge in [0.1, 0.15) is 5.75 Å². The highest BCUT2D eigenvalue weighted by molar-refractivity contribution is 5.90. The lowest BCUT2D eigenvalue weighted by atomic mass is 9.97. The van der Waals surface area contributed by atoms with E-state index in [1.54, 1.807) is 6.07 Å². The second kappa shape index (κ2) is 3.47. The summed E-state index contributed by atoms with van der Waals surface area (Å²) in [6.07, 6.45) is 0. The second-order valence-electron chi connectivity index (χ2n) is 3.23. The van der Waals surface area contributed by atoms with E-state index in [0.717, 1.165) is 5.56 Å². The number of carboxylic acid groups (broad SMARTS) is 1. The number of phenols is 1. The van der Waals surface area contributed by atoms with Crippen LogP contribution in [0.2, 0.25) is 0 Å². The van der Waals surface area contributed by atoms with Crippen molar-refractivity contribution >= 4 is 5.97 Å². The average Bonchev–Trinajstić information content (AvgIpc) is 2.03. The van der Waals surface area contributed by atoms with Crippen molar-refractivity contribution in [3.05, 3.63) is 29.3 Å². The van der Waals surface area contributed by atoms with Gasteiger partial charge in [-0.2, -0.15) is 0 Å². The van der Waals surface area contributed by atoms with Gasteiger partial charge in [-0.15, -0.1) is 0 Å². The Balaban J connectivity index is 3.27. The van der Waals surface area contributed by atoms with Crippen LogP contribution in [0.25, 0.3) is 0 Å². The Bertz CT molecular complexity index is 329. The highest BCUT2D eigenvalue weighted by atomic mass is 16.4. The second-order valence-corrected chi connectivity index (χ2v) is 3.23. The van der Waals surface area contributed by atoms with Gasteiger partial charge in [-0.1, -0.05) is 19.9 Å².